The van der Waals surface area contributed by atoms with E-state index in [1.54, 1.807) is 18.2 Å². The molecule has 0 heterocycles. The number of halogens is 2. The summed E-state index contributed by atoms with van der Waals surface area (Å²) in [5, 5.41) is 3.69. The number of rotatable bonds is 10. The Bertz CT molecular complexity index is 1450. The molecule has 0 spiro atoms. The summed E-state index contributed by atoms with van der Waals surface area (Å²) in [7, 11) is -3.84. The zero-order valence-electron chi connectivity index (χ0n) is 26.4. The zero-order chi connectivity index (χ0) is 32.0. The van der Waals surface area contributed by atoms with Crippen LogP contribution in [0.2, 0.25) is 10.0 Å². The van der Waals surface area contributed by atoms with Gasteiger partial charge < -0.3 is 10.2 Å². The second-order valence-electron chi connectivity index (χ2n) is 14.4. The average Bonchev–Trinajstić information content (AvgIpc) is 2.91. The molecule has 1 atom stereocenters. The second-order valence-corrected chi connectivity index (χ2v) is 17.1. The summed E-state index contributed by atoms with van der Waals surface area (Å²) in [5.41, 5.74) is 1.85. The molecule has 44 heavy (non-hydrogen) atoms. The van der Waals surface area contributed by atoms with Crippen molar-refractivity contribution >= 4 is 50.7 Å². The lowest BCUT2D eigenvalue weighted by atomic mass is 9.48. The van der Waals surface area contributed by atoms with Gasteiger partial charge in [-0.05, 0) is 119 Å². The maximum Gasteiger partial charge on any atom is 0.244 e. The van der Waals surface area contributed by atoms with Crippen molar-refractivity contribution in [1.29, 1.82) is 0 Å². The van der Waals surface area contributed by atoms with Crippen LogP contribution in [0.3, 0.4) is 0 Å². The van der Waals surface area contributed by atoms with E-state index in [1.807, 2.05) is 39.8 Å². The van der Waals surface area contributed by atoms with Gasteiger partial charge in [0.2, 0.25) is 21.8 Å². The third-order valence-electron chi connectivity index (χ3n) is 9.76. The zero-order valence-corrected chi connectivity index (χ0v) is 28.7. The Hall–Kier alpha value is -2.29. The molecule has 0 unspecified atom stereocenters. The normalized spacial score (nSPS) is 25.0. The minimum atomic E-state index is -3.84. The third kappa shape index (κ3) is 7.07. The fourth-order valence-corrected chi connectivity index (χ4v) is 9.65. The lowest BCUT2D eigenvalue weighted by Crippen LogP contribution is -2.55. The summed E-state index contributed by atoms with van der Waals surface area (Å²) in [6.07, 6.45) is 9.10. The quantitative estimate of drug-likeness (QED) is 0.299. The summed E-state index contributed by atoms with van der Waals surface area (Å²) in [4.78, 5) is 29.0. The van der Waals surface area contributed by atoms with E-state index in [-0.39, 0.29) is 17.9 Å². The Labute approximate surface area is 272 Å². The minimum Gasteiger partial charge on any atom is -0.350 e. The standard InChI is InChI=1S/C34H45Cl2N3O4S/c1-6-30(32(41)37-33(2,3)4)38(20-27-28(35)8-7-9-29(27)36)31(40)21-39(44(5,42)43)26-12-10-25(11-13-26)34-17-22-14-23(18-34)16-24(15-22)19-34/h7-13,22-24,30H,6,14-21H2,1-5H3,(H,37,41)/t22?,23?,24?,30-,34?/m1/s1. The van der Waals surface area contributed by atoms with E-state index in [0.29, 0.717) is 27.7 Å². The van der Waals surface area contributed by atoms with E-state index < -0.39 is 34.1 Å². The molecule has 7 nitrogen and oxygen atoms in total. The fraction of sp³-hybridized carbons (Fsp3) is 0.588. The van der Waals surface area contributed by atoms with Gasteiger partial charge in [0, 0.05) is 27.7 Å². The topological polar surface area (TPSA) is 86.8 Å². The molecule has 4 aliphatic rings. The van der Waals surface area contributed by atoms with Crippen LogP contribution in [-0.4, -0.2) is 49.5 Å². The number of anilines is 1. The van der Waals surface area contributed by atoms with Gasteiger partial charge in [0.1, 0.15) is 12.6 Å². The number of sulfonamides is 1. The van der Waals surface area contributed by atoms with Crippen molar-refractivity contribution in [3.63, 3.8) is 0 Å². The molecular weight excluding hydrogens is 617 g/mol. The van der Waals surface area contributed by atoms with Crippen LogP contribution in [0.5, 0.6) is 0 Å². The SMILES string of the molecule is CC[C@H](C(=O)NC(C)(C)C)N(Cc1c(Cl)cccc1Cl)C(=O)CN(c1ccc(C23CC4CC(CC(C4)C2)C3)cc1)S(C)(=O)=O. The summed E-state index contributed by atoms with van der Waals surface area (Å²) in [6.45, 7) is 6.92. The van der Waals surface area contributed by atoms with Gasteiger partial charge in [0.15, 0.2) is 0 Å². The number of nitrogens with one attached hydrogen (secondary N) is 1. The van der Waals surface area contributed by atoms with Gasteiger partial charge in [-0.3, -0.25) is 13.9 Å². The van der Waals surface area contributed by atoms with Gasteiger partial charge in [0.25, 0.3) is 0 Å². The highest BCUT2D eigenvalue weighted by atomic mass is 35.5. The summed E-state index contributed by atoms with van der Waals surface area (Å²) in [6, 6.07) is 12.0. The van der Waals surface area contributed by atoms with Gasteiger partial charge >= 0.3 is 0 Å². The van der Waals surface area contributed by atoms with Gasteiger partial charge in [-0.1, -0.05) is 48.3 Å². The van der Waals surface area contributed by atoms with Crippen LogP contribution in [0.25, 0.3) is 0 Å². The molecule has 1 N–H and O–H groups in total. The van der Waals surface area contributed by atoms with Crippen LogP contribution in [0.4, 0.5) is 5.69 Å². The van der Waals surface area contributed by atoms with E-state index in [1.165, 1.54) is 49.0 Å². The first-order chi connectivity index (χ1) is 20.6. The molecule has 4 fully saturated rings. The Balaban J connectivity index is 1.43. The van der Waals surface area contributed by atoms with E-state index >= 15 is 0 Å². The van der Waals surface area contributed by atoms with E-state index in [4.69, 9.17) is 23.2 Å². The van der Waals surface area contributed by atoms with Crippen LogP contribution in [0.15, 0.2) is 42.5 Å². The Morgan fingerprint density at radius 2 is 1.48 bits per heavy atom. The molecule has 0 radical (unpaired) electrons. The molecule has 0 saturated heterocycles. The van der Waals surface area contributed by atoms with Crippen molar-refractivity contribution in [3.05, 3.63) is 63.6 Å². The van der Waals surface area contributed by atoms with Crippen molar-refractivity contribution in [3.8, 4) is 0 Å². The summed E-state index contributed by atoms with van der Waals surface area (Å²) in [5.74, 6) is 1.54. The number of carbonyl (C=O) groups is 2. The number of carbonyl (C=O) groups excluding carboxylic acids is 2. The highest BCUT2D eigenvalue weighted by Gasteiger charge is 2.51. The maximum atomic E-state index is 14.1. The first kappa shape index (κ1) is 33.1. The molecule has 2 amide bonds. The smallest absolute Gasteiger partial charge is 0.244 e. The average molecular weight is 663 g/mol. The van der Waals surface area contributed by atoms with Crippen LogP contribution in [0.1, 0.15) is 83.8 Å². The van der Waals surface area contributed by atoms with Crippen LogP contribution >= 0.6 is 23.2 Å². The highest BCUT2D eigenvalue weighted by molar-refractivity contribution is 7.92. The van der Waals surface area contributed by atoms with Gasteiger partial charge in [0.05, 0.1) is 11.9 Å². The lowest BCUT2D eigenvalue weighted by Gasteiger charge is -2.57. The van der Waals surface area contributed by atoms with Gasteiger partial charge in [-0.25, -0.2) is 8.42 Å². The minimum absolute atomic E-state index is 0.0457. The molecule has 240 valence electrons. The summed E-state index contributed by atoms with van der Waals surface area (Å²) < 4.78 is 27.4. The van der Waals surface area contributed by atoms with Crippen LogP contribution in [-0.2, 0) is 31.6 Å². The molecule has 4 saturated carbocycles. The van der Waals surface area contributed by atoms with Crippen molar-refractivity contribution in [2.45, 2.75) is 96.2 Å². The molecule has 2 aromatic carbocycles. The number of benzene rings is 2. The third-order valence-corrected chi connectivity index (χ3v) is 11.6. The summed E-state index contributed by atoms with van der Waals surface area (Å²) >= 11 is 13.0. The predicted octanol–water partition coefficient (Wildman–Crippen LogP) is 6.95. The van der Waals surface area contributed by atoms with Crippen molar-refractivity contribution in [1.82, 2.24) is 10.2 Å². The van der Waals surface area contributed by atoms with Crippen molar-refractivity contribution in [2.75, 3.05) is 17.1 Å². The number of hydrogen-bond donors (Lipinski definition) is 1. The van der Waals surface area contributed by atoms with Crippen LogP contribution in [0, 0.1) is 17.8 Å². The number of nitrogens with zero attached hydrogens (tertiary/aromatic N) is 2. The molecule has 6 rings (SSSR count). The number of hydrogen-bond acceptors (Lipinski definition) is 4. The first-order valence-corrected chi connectivity index (χ1v) is 18.3. The van der Waals surface area contributed by atoms with E-state index in [9.17, 15) is 18.0 Å². The maximum absolute atomic E-state index is 14.1. The Morgan fingerprint density at radius 1 is 0.955 bits per heavy atom. The van der Waals surface area contributed by atoms with E-state index in [0.717, 1.165) is 28.3 Å². The molecular formula is C34H45Cl2N3O4S. The molecule has 0 aromatic heterocycles. The fourth-order valence-electron chi connectivity index (χ4n) is 8.29. The Morgan fingerprint density at radius 3 is 1.93 bits per heavy atom. The first-order valence-electron chi connectivity index (χ1n) is 15.7. The molecule has 4 aliphatic carbocycles. The van der Waals surface area contributed by atoms with Crippen LogP contribution < -0.4 is 9.62 Å². The van der Waals surface area contributed by atoms with Crippen molar-refractivity contribution < 1.29 is 18.0 Å². The predicted molar refractivity (Wildman–Crippen MR) is 177 cm³/mol. The van der Waals surface area contributed by atoms with E-state index in [2.05, 4.69) is 17.4 Å². The number of amides is 2. The lowest BCUT2D eigenvalue weighted by molar-refractivity contribution is -0.141. The molecule has 10 heteroatoms. The highest BCUT2D eigenvalue weighted by Crippen LogP contribution is 2.60. The molecule has 4 bridgehead atoms. The Kier molecular flexibility index (Phi) is 9.39. The second kappa shape index (κ2) is 12.5. The van der Waals surface area contributed by atoms with Gasteiger partial charge in [-0.15, -0.1) is 0 Å². The monoisotopic (exact) mass is 661 g/mol. The molecule has 2 aromatic rings. The largest absolute Gasteiger partial charge is 0.350 e. The van der Waals surface area contributed by atoms with Gasteiger partial charge in [-0.2, -0.15) is 0 Å². The molecule has 0 aliphatic heterocycles. The van der Waals surface area contributed by atoms with Crippen molar-refractivity contribution in [2.24, 2.45) is 17.8 Å².